The molecule has 0 saturated heterocycles. The van der Waals surface area contributed by atoms with E-state index in [2.05, 4.69) is 24.9 Å². The van der Waals surface area contributed by atoms with E-state index in [1.54, 1.807) is 12.4 Å². The molecule has 0 spiro atoms. The fourth-order valence-electron chi connectivity index (χ4n) is 1.32. The molecule has 0 fully saturated rings. The molecule has 0 aliphatic rings. The first kappa shape index (κ1) is 9.71. The normalized spacial score (nSPS) is 10.0. The van der Waals surface area contributed by atoms with E-state index in [1.807, 2.05) is 24.3 Å². The lowest BCUT2D eigenvalue weighted by Gasteiger charge is -2.06. The Labute approximate surface area is 89.6 Å². The summed E-state index contributed by atoms with van der Waals surface area (Å²) in [7, 11) is 0. The van der Waals surface area contributed by atoms with Crippen molar-refractivity contribution in [3.63, 3.8) is 0 Å². The summed E-state index contributed by atoms with van der Waals surface area (Å²) in [5, 5.41) is 0. The Kier molecular flexibility index (Phi) is 2.68. The summed E-state index contributed by atoms with van der Waals surface area (Å²) in [5.41, 5.74) is 2.50. The van der Waals surface area contributed by atoms with Gasteiger partial charge in [0.25, 0.3) is 0 Å². The highest BCUT2D eigenvalue weighted by molar-refractivity contribution is 5.36. The van der Waals surface area contributed by atoms with Crippen molar-refractivity contribution >= 4 is 0 Å². The minimum absolute atomic E-state index is 0.765. The number of aryl methyl sites for hydroxylation is 2. The summed E-state index contributed by atoms with van der Waals surface area (Å²) in [6.07, 6.45) is 3.43. The van der Waals surface area contributed by atoms with Gasteiger partial charge in [0.15, 0.2) is 0 Å². The van der Waals surface area contributed by atoms with Gasteiger partial charge in [-0.3, -0.25) is 4.98 Å². The van der Waals surface area contributed by atoms with Crippen LogP contribution in [0.5, 0.6) is 11.5 Å². The molecule has 0 radical (unpaired) electrons. The highest BCUT2D eigenvalue weighted by Crippen LogP contribution is 2.22. The molecular formula is C13H13NO. The molecule has 0 atom stereocenters. The van der Waals surface area contributed by atoms with Crippen LogP contribution >= 0.6 is 0 Å². The number of aromatic nitrogens is 1. The SMILES string of the molecule is Cc1ccc(Oc2cccnc2)cc1C. The molecule has 0 unspecified atom stereocenters. The lowest BCUT2D eigenvalue weighted by Crippen LogP contribution is -1.87. The summed E-state index contributed by atoms with van der Waals surface area (Å²) in [5.74, 6) is 1.62. The summed E-state index contributed by atoms with van der Waals surface area (Å²) in [6, 6.07) is 9.80. The smallest absolute Gasteiger partial charge is 0.145 e. The number of rotatable bonds is 2. The Balaban J connectivity index is 2.22. The van der Waals surface area contributed by atoms with Gasteiger partial charge in [0, 0.05) is 6.20 Å². The van der Waals surface area contributed by atoms with E-state index in [-0.39, 0.29) is 0 Å². The van der Waals surface area contributed by atoms with Crippen LogP contribution in [0.3, 0.4) is 0 Å². The second-order valence-corrected chi connectivity index (χ2v) is 3.54. The van der Waals surface area contributed by atoms with Crippen molar-refractivity contribution in [2.24, 2.45) is 0 Å². The number of benzene rings is 1. The minimum atomic E-state index is 0.765. The first-order valence-electron chi connectivity index (χ1n) is 4.91. The third-order valence-electron chi connectivity index (χ3n) is 2.35. The van der Waals surface area contributed by atoms with E-state index < -0.39 is 0 Å². The Bertz CT molecular complexity index is 451. The van der Waals surface area contributed by atoms with Crippen LogP contribution < -0.4 is 4.74 Å². The molecule has 0 aliphatic carbocycles. The number of hydrogen-bond donors (Lipinski definition) is 0. The highest BCUT2D eigenvalue weighted by atomic mass is 16.5. The molecular weight excluding hydrogens is 186 g/mol. The van der Waals surface area contributed by atoms with E-state index in [0.717, 1.165) is 11.5 Å². The lowest BCUT2D eigenvalue weighted by atomic mass is 10.1. The molecule has 76 valence electrons. The fourth-order valence-corrected chi connectivity index (χ4v) is 1.32. The predicted octanol–water partition coefficient (Wildman–Crippen LogP) is 3.49. The standard InChI is InChI=1S/C13H13NO/c1-10-5-6-12(8-11(10)2)15-13-4-3-7-14-9-13/h3-9H,1-2H3. The third-order valence-corrected chi connectivity index (χ3v) is 2.35. The van der Waals surface area contributed by atoms with E-state index in [1.165, 1.54) is 11.1 Å². The maximum Gasteiger partial charge on any atom is 0.145 e. The maximum absolute atomic E-state index is 5.65. The van der Waals surface area contributed by atoms with Crippen LogP contribution in [-0.2, 0) is 0 Å². The van der Waals surface area contributed by atoms with Crippen LogP contribution in [0.15, 0.2) is 42.7 Å². The van der Waals surface area contributed by atoms with Crippen LogP contribution in [0.1, 0.15) is 11.1 Å². The van der Waals surface area contributed by atoms with Gasteiger partial charge in [-0.25, -0.2) is 0 Å². The average Bonchev–Trinajstić information content (AvgIpc) is 2.25. The van der Waals surface area contributed by atoms with Gasteiger partial charge in [-0.15, -0.1) is 0 Å². The molecule has 0 aliphatic heterocycles. The summed E-state index contributed by atoms with van der Waals surface area (Å²) < 4.78 is 5.65. The van der Waals surface area contributed by atoms with Gasteiger partial charge < -0.3 is 4.74 Å². The summed E-state index contributed by atoms with van der Waals surface area (Å²) in [6.45, 7) is 4.16. The number of pyridine rings is 1. The van der Waals surface area contributed by atoms with Gasteiger partial charge in [0.05, 0.1) is 6.20 Å². The topological polar surface area (TPSA) is 22.1 Å². The van der Waals surface area contributed by atoms with Crippen LogP contribution in [0.2, 0.25) is 0 Å². The molecule has 2 heteroatoms. The predicted molar refractivity (Wildman–Crippen MR) is 60.2 cm³/mol. The Morgan fingerprint density at radius 2 is 1.87 bits per heavy atom. The van der Waals surface area contributed by atoms with Crippen molar-refractivity contribution in [1.82, 2.24) is 4.98 Å². The van der Waals surface area contributed by atoms with Crippen molar-refractivity contribution in [3.05, 3.63) is 53.9 Å². The average molecular weight is 199 g/mol. The zero-order valence-electron chi connectivity index (χ0n) is 8.90. The molecule has 0 saturated carbocycles. The third kappa shape index (κ3) is 2.34. The van der Waals surface area contributed by atoms with Crippen LogP contribution in [-0.4, -0.2) is 4.98 Å². The van der Waals surface area contributed by atoms with Gasteiger partial charge in [-0.05, 0) is 49.2 Å². The molecule has 15 heavy (non-hydrogen) atoms. The summed E-state index contributed by atoms with van der Waals surface area (Å²) >= 11 is 0. The highest BCUT2D eigenvalue weighted by Gasteiger charge is 1.98. The van der Waals surface area contributed by atoms with Gasteiger partial charge >= 0.3 is 0 Å². The second kappa shape index (κ2) is 4.13. The zero-order valence-corrected chi connectivity index (χ0v) is 8.90. The van der Waals surface area contributed by atoms with E-state index in [0.29, 0.717) is 0 Å². The molecule has 2 rings (SSSR count). The molecule has 2 nitrogen and oxygen atoms in total. The minimum Gasteiger partial charge on any atom is -0.456 e. The van der Waals surface area contributed by atoms with Crippen LogP contribution in [0.25, 0.3) is 0 Å². The Morgan fingerprint density at radius 1 is 1.00 bits per heavy atom. The van der Waals surface area contributed by atoms with Crippen molar-refractivity contribution in [1.29, 1.82) is 0 Å². The van der Waals surface area contributed by atoms with Gasteiger partial charge in [0.1, 0.15) is 11.5 Å². The van der Waals surface area contributed by atoms with Crippen LogP contribution in [0.4, 0.5) is 0 Å². The van der Waals surface area contributed by atoms with Crippen molar-refractivity contribution in [2.75, 3.05) is 0 Å². The molecule has 1 heterocycles. The lowest BCUT2D eigenvalue weighted by molar-refractivity contribution is 0.480. The number of nitrogens with zero attached hydrogens (tertiary/aromatic N) is 1. The van der Waals surface area contributed by atoms with E-state index >= 15 is 0 Å². The molecule has 1 aromatic heterocycles. The van der Waals surface area contributed by atoms with Crippen LogP contribution in [0, 0.1) is 13.8 Å². The molecule has 0 amide bonds. The molecule has 0 bridgehead atoms. The summed E-state index contributed by atoms with van der Waals surface area (Å²) in [4.78, 5) is 4.00. The van der Waals surface area contributed by atoms with Crippen molar-refractivity contribution in [3.8, 4) is 11.5 Å². The first-order valence-corrected chi connectivity index (χ1v) is 4.91. The number of ether oxygens (including phenoxy) is 1. The van der Waals surface area contributed by atoms with Gasteiger partial charge in [-0.2, -0.15) is 0 Å². The Hall–Kier alpha value is -1.83. The van der Waals surface area contributed by atoms with Gasteiger partial charge in [-0.1, -0.05) is 6.07 Å². The first-order chi connectivity index (χ1) is 7.25. The van der Waals surface area contributed by atoms with Crippen molar-refractivity contribution in [2.45, 2.75) is 13.8 Å². The zero-order chi connectivity index (χ0) is 10.7. The van der Waals surface area contributed by atoms with Crippen molar-refractivity contribution < 1.29 is 4.74 Å². The van der Waals surface area contributed by atoms with E-state index in [9.17, 15) is 0 Å². The number of hydrogen-bond acceptors (Lipinski definition) is 2. The van der Waals surface area contributed by atoms with E-state index in [4.69, 9.17) is 4.74 Å². The largest absolute Gasteiger partial charge is 0.456 e. The molecule has 1 aromatic carbocycles. The second-order valence-electron chi connectivity index (χ2n) is 3.54. The fraction of sp³-hybridized carbons (Fsp3) is 0.154. The quantitative estimate of drug-likeness (QED) is 0.738. The van der Waals surface area contributed by atoms with Gasteiger partial charge in [0.2, 0.25) is 0 Å². The monoisotopic (exact) mass is 199 g/mol. The maximum atomic E-state index is 5.65. The Morgan fingerprint density at radius 3 is 2.53 bits per heavy atom. The molecule has 0 N–H and O–H groups in total. The molecule has 2 aromatic rings.